The van der Waals surface area contributed by atoms with E-state index < -0.39 is 5.63 Å². The standard InChI is InChI=1S/C18H12N4O3S/c23-16(12-5-3-7-19-9-12)21-22-18-20-14(10-26-18)13-8-11-4-1-2-6-15(11)25-17(13)24/h1-10H,(H,20,22)(H,21,23). The number of para-hydroxylation sites is 1. The molecule has 3 heterocycles. The van der Waals surface area contributed by atoms with Gasteiger partial charge >= 0.3 is 5.63 Å². The number of nitrogens with one attached hydrogen (secondary N) is 2. The van der Waals surface area contributed by atoms with Crippen LogP contribution in [0.5, 0.6) is 0 Å². The maximum atomic E-state index is 12.2. The minimum Gasteiger partial charge on any atom is -0.422 e. The quantitative estimate of drug-likeness (QED) is 0.427. The second kappa shape index (κ2) is 6.77. The largest absolute Gasteiger partial charge is 0.422 e. The lowest BCUT2D eigenvalue weighted by molar-refractivity contribution is 0.0962. The fourth-order valence-corrected chi connectivity index (χ4v) is 3.04. The van der Waals surface area contributed by atoms with Crippen LogP contribution < -0.4 is 16.5 Å². The minimum absolute atomic E-state index is 0.333. The summed E-state index contributed by atoms with van der Waals surface area (Å²) in [5, 5.41) is 2.99. The third kappa shape index (κ3) is 3.17. The van der Waals surface area contributed by atoms with E-state index in [1.807, 2.05) is 12.1 Å². The van der Waals surface area contributed by atoms with Crippen LogP contribution in [0, 0.1) is 0 Å². The maximum absolute atomic E-state index is 12.2. The fourth-order valence-electron chi connectivity index (χ4n) is 2.37. The average molecular weight is 364 g/mol. The maximum Gasteiger partial charge on any atom is 0.345 e. The molecule has 0 aliphatic carbocycles. The van der Waals surface area contributed by atoms with Gasteiger partial charge in [0.1, 0.15) is 5.58 Å². The SMILES string of the molecule is O=C(NNc1nc(-c2cc3ccccc3oc2=O)cs1)c1cccnc1. The van der Waals surface area contributed by atoms with E-state index in [0.29, 0.717) is 27.5 Å². The first-order valence-corrected chi connectivity index (χ1v) is 8.54. The van der Waals surface area contributed by atoms with Gasteiger partial charge in [-0.2, -0.15) is 0 Å². The predicted molar refractivity (Wildman–Crippen MR) is 98.9 cm³/mol. The Kier molecular flexibility index (Phi) is 4.16. The van der Waals surface area contributed by atoms with Gasteiger partial charge in [0.15, 0.2) is 0 Å². The summed E-state index contributed by atoms with van der Waals surface area (Å²) in [5.74, 6) is -0.333. The molecule has 8 heteroatoms. The van der Waals surface area contributed by atoms with Crippen LogP contribution in [-0.4, -0.2) is 15.9 Å². The molecule has 7 nitrogen and oxygen atoms in total. The van der Waals surface area contributed by atoms with Crippen molar-refractivity contribution < 1.29 is 9.21 Å². The zero-order valence-electron chi connectivity index (χ0n) is 13.3. The summed E-state index contributed by atoms with van der Waals surface area (Å²) in [4.78, 5) is 32.4. The zero-order valence-corrected chi connectivity index (χ0v) is 14.1. The molecular weight excluding hydrogens is 352 g/mol. The Morgan fingerprint density at radius 3 is 2.88 bits per heavy atom. The van der Waals surface area contributed by atoms with E-state index in [-0.39, 0.29) is 5.91 Å². The molecule has 3 aromatic heterocycles. The molecule has 0 fully saturated rings. The number of pyridine rings is 1. The van der Waals surface area contributed by atoms with Crippen molar-refractivity contribution >= 4 is 33.3 Å². The third-order valence-electron chi connectivity index (χ3n) is 3.63. The number of hydrazine groups is 1. The normalized spacial score (nSPS) is 10.6. The molecule has 0 radical (unpaired) electrons. The lowest BCUT2D eigenvalue weighted by Crippen LogP contribution is -2.29. The average Bonchev–Trinajstić information content (AvgIpc) is 3.15. The molecule has 0 saturated heterocycles. The Labute approximate surface area is 151 Å². The summed E-state index contributed by atoms with van der Waals surface area (Å²) in [7, 11) is 0. The number of carbonyl (C=O) groups excluding carboxylic acids is 1. The number of nitrogens with zero attached hydrogens (tertiary/aromatic N) is 2. The van der Waals surface area contributed by atoms with Crippen molar-refractivity contribution in [2.75, 3.05) is 5.43 Å². The number of rotatable bonds is 4. The highest BCUT2D eigenvalue weighted by molar-refractivity contribution is 7.14. The Hall–Kier alpha value is -3.52. The van der Waals surface area contributed by atoms with E-state index in [1.165, 1.54) is 17.5 Å². The van der Waals surface area contributed by atoms with Crippen molar-refractivity contribution in [3.63, 3.8) is 0 Å². The lowest BCUT2D eigenvalue weighted by atomic mass is 10.1. The van der Waals surface area contributed by atoms with E-state index in [9.17, 15) is 9.59 Å². The van der Waals surface area contributed by atoms with Crippen LogP contribution in [-0.2, 0) is 0 Å². The third-order valence-corrected chi connectivity index (χ3v) is 4.39. The molecule has 2 N–H and O–H groups in total. The summed E-state index contributed by atoms with van der Waals surface area (Å²) < 4.78 is 5.32. The molecule has 4 rings (SSSR count). The fraction of sp³-hybridized carbons (Fsp3) is 0. The van der Waals surface area contributed by atoms with Crippen LogP contribution >= 0.6 is 11.3 Å². The van der Waals surface area contributed by atoms with Gasteiger partial charge in [-0.05, 0) is 24.3 Å². The first-order chi connectivity index (χ1) is 12.7. The molecule has 0 saturated carbocycles. The number of fused-ring (bicyclic) bond motifs is 1. The molecule has 1 amide bonds. The highest BCUT2D eigenvalue weighted by Gasteiger charge is 2.12. The highest BCUT2D eigenvalue weighted by Crippen LogP contribution is 2.24. The molecule has 4 aromatic rings. The van der Waals surface area contributed by atoms with E-state index in [0.717, 1.165) is 5.39 Å². The van der Waals surface area contributed by atoms with E-state index in [4.69, 9.17) is 4.42 Å². The molecule has 128 valence electrons. The molecule has 0 aliphatic heterocycles. The molecular formula is C18H12N4O3S. The van der Waals surface area contributed by atoms with Crippen LogP contribution in [0.15, 0.2) is 69.5 Å². The Morgan fingerprint density at radius 1 is 1.15 bits per heavy atom. The molecule has 1 aromatic carbocycles. The van der Waals surface area contributed by atoms with Crippen molar-refractivity contribution in [3.8, 4) is 11.3 Å². The Morgan fingerprint density at radius 2 is 2.04 bits per heavy atom. The summed E-state index contributed by atoms with van der Waals surface area (Å²) in [6.07, 6.45) is 3.05. The van der Waals surface area contributed by atoms with Crippen LogP contribution in [0.25, 0.3) is 22.2 Å². The summed E-state index contributed by atoms with van der Waals surface area (Å²) >= 11 is 1.26. The Balaban J connectivity index is 1.54. The van der Waals surface area contributed by atoms with Crippen LogP contribution in [0.4, 0.5) is 5.13 Å². The number of benzene rings is 1. The minimum atomic E-state index is -0.458. The molecule has 0 bridgehead atoms. The van der Waals surface area contributed by atoms with Crippen molar-refractivity contribution in [3.05, 3.63) is 76.2 Å². The molecule has 0 spiro atoms. The van der Waals surface area contributed by atoms with Gasteiger partial charge < -0.3 is 4.42 Å². The predicted octanol–water partition coefficient (Wildman–Crippen LogP) is 3.07. The first-order valence-electron chi connectivity index (χ1n) is 7.66. The number of hydrogen-bond acceptors (Lipinski definition) is 7. The summed E-state index contributed by atoms with van der Waals surface area (Å²) in [5.41, 5.74) is 6.62. The lowest BCUT2D eigenvalue weighted by Gasteiger charge is -2.04. The number of carbonyl (C=O) groups is 1. The van der Waals surface area contributed by atoms with Gasteiger partial charge in [0.05, 0.1) is 16.8 Å². The van der Waals surface area contributed by atoms with Gasteiger partial charge in [0.25, 0.3) is 5.91 Å². The number of aromatic nitrogens is 2. The number of hydrogen-bond donors (Lipinski definition) is 2. The number of amides is 1. The van der Waals surface area contributed by atoms with Gasteiger partial charge in [0, 0.05) is 23.2 Å². The summed E-state index contributed by atoms with van der Waals surface area (Å²) in [6, 6.07) is 12.3. The summed E-state index contributed by atoms with van der Waals surface area (Å²) in [6.45, 7) is 0. The Bertz CT molecular complexity index is 1140. The van der Waals surface area contributed by atoms with Crippen LogP contribution in [0.2, 0.25) is 0 Å². The van der Waals surface area contributed by atoms with E-state index in [1.54, 1.807) is 41.9 Å². The molecule has 26 heavy (non-hydrogen) atoms. The van der Waals surface area contributed by atoms with Crippen molar-refractivity contribution in [1.82, 2.24) is 15.4 Å². The second-order valence-electron chi connectivity index (χ2n) is 5.34. The van der Waals surface area contributed by atoms with Gasteiger partial charge in [-0.3, -0.25) is 20.6 Å². The van der Waals surface area contributed by atoms with Crippen molar-refractivity contribution in [2.24, 2.45) is 0 Å². The smallest absolute Gasteiger partial charge is 0.345 e. The molecule has 0 atom stereocenters. The molecule has 0 unspecified atom stereocenters. The van der Waals surface area contributed by atoms with Gasteiger partial charge in [-0.25, -0.2) is 9.78 Å². The van der Waals surface area contributed by atoms with E-state index in [2.05, 4.69) is 20.8 Å². The highest BCUT2D eigenvalue weighted by atomic mass is 32.1. The number of thiazole rings is 1. The number of anilines is 1. The van der Waals surface area contributed by atoms with Crippen LogP contribution in [0.3, 0.4) is 0 Å². The second-order valence-corrected chi connectivity index (χ2v) is 6.20. The van der Waals surface area contributed by atoms with Crippen molar-refractivity contribution in [2.45, 2.75) is 0 Å². The van der Waals surface area contributed by atoms with Crippen molar-refractivity contribution in [1.29, 1.82) is 0 Å². The first kappa shape index (κ1) is 16.0. The zero-order chi connectivity index (χ0) is 17.9. The topological polar surface area (TPSA) is 97.1 Å². The monoisotopic (exact) mass is 364 g/mol. The van der Waals surface area contributed by atoms with E-state index >= 15 is 0 Å². The van der Waals surface area contributed by atoms with Gasteiger partial charge in [0.2, 0.25) is 5.13 Å². The van der Waals surface area contributed by atoms with Gasteiger partial charge in [-0.15, -0.1) is 11.3 Å². The molecule has 0 aliphatic rings. The van der Waals surface area contributed by atoms with Gasteiger partial charge in [-0.1, -0.05) is 18.2 Å². The van der Waals surface area contributed by atoms with Crippen LogP contribution in [0.1, 0.15) is 10.4 Å².